The number of allylic oxidation sites excluding steroid dienone is 2. The highest BCUT2D eigenvalue weighted by Crippen LogP contribution is 2.13. The molecule has 2 aromatic carbocycles. The Balaban J connectivity index is 2.07. The molecule has 2 rings (SSSR count). The zero-order chi connectivity index (χ0) is 28.3. The SMILES string of the molecule is C#CCCC(=O)N(CC(C=C)=CC=COCC(=O)OC)Cc1ccc(C#Cc2ccc(CCCC)cc2)cc1. The number of carbonyl (C=O) groups is 2. The van der Waals surface area contributed by atoms with Gasteiger partial charge in [-0.25, -0.2) is 4.79 Å². The van der Waals surface area contributed by atoms with Gasteiger partial charge >= 0.3 is 5.97 Å². The Morgan fingerprint density at radius 1 is 1.03 bits per heavy atom. The van der Waals surface area contributed by atoms with Gasteiger partial charge in [0.1, 0.15) is 0 Å². The number of hydrogen-bond acceptors (Lipinski definition) is 4. The van der Waals surface area contributed by atoms with E-state index in [2.05, 4.69) is 60.3 Å². The average molecular weight is 524 g/mol. The minimum Gasteiger partial charge on any atom is -0.490 e. The summed E-state index contributed by atoms with van der Waals surface area (Å²) in [4.78, 5) is 25.8. The van der Waals surface area contributed by atoms with E-state index in [1.165, 1.54) is 31.8 Å². The summed E-state index contributed by atoms with van der Waals surface area (Å²) < 4.78 is 9.64. The number of terminal acetylenes is 1. The van der Waals surface area contributed by atoms with Crippen LogP contribution in [0.15, 0.2) is 85.2 Å². The van der Waals surface area contributed by atoms with Gasteiger partial charge in [-0.3, -0.25) is 4.79 Å². The number of unbranched alkanes of at least 4 members (excludes halogenated alkanes) is 1. The summed E-state index contributed by atoms with van der Waals surface area (Å²) in [5, 5.41) is 0. The Morgan fingerprint density at radius 2 is 1.67 bits per heavy atom. The van der Waals surface area contributed by atoms with Crippen LogP contribution in [-0.4, -0.2) is 37.0 Å². The minimum absolute atomic E-state index is 0.0436. The molecule has 0 aliphatic carbocycles. The highest BCUT2D eigenvalue weighted by atomic mass is 16.6. The van der Waals surface area contributed by atoms with Crippen LogP contribution >= 0.6 is 0 Å². The maximum Gasteiger partial charge on any atom is 0.343 e. The quantitative estimate of drug-likeness (QED) is 0.132. The Morgan fingerprint density at radius 3 is 2.23 bits per heavy atom. The zero-order valence-electron chi connectivity index (χ0n) is 22.9. The summed E-state index contributed by atoms with van der Waals surface area (Å²) in [6.45, 7) is 6.65. The lowest BCUT2D eigenvalue weighted by atomic mass is 10.1. The number of nitrogens with zero attached hydrogens (tertiary/aromatic N) is 1. The lowest BCUT2D eigenvalue weighted by molar-refractivity contribution is -0.144. The second-order valence-corrected chi connectivity index (χ2v) is 8.86. The molecule has 39 heavy (non-hydrogen) atoms. The van der Waals surface area contributed by atoms with E-state index in [0.29, 0.717) is 19.5 Å². The van der Waals surface area contributed by atoms with E-state index in [1.54, 1.807) is 23.1 Å². The second kappa shape index (κ2) is 17.9. The van der Waals surface area contributed by atoms with Crippen LogP contribution in [0.2, 0.25) is 0 Å². The van der Waals surface area contributed by atoms with Gasteiger partial charge in [0, 0.05) is 37.1 Å². The van der Waals surface area contributed by atoms with Gasteiger partial charge in [0.2, 0.25) is 5.91 Å². The third-order valence-corrected chi connectivity index (χ3v) is 5.84. The first-order valence-electron chi connectivity index (χ1n) is 13.1. The summed E-state index contributed by atoms with van der Waals surface area (Å²) in [5.41, 5.74) is 5.02. The first-order valence-corrected chi connectivity index (χ1v) is 13.1. The first kappa shape index (κ1) is 30.7. The van der Waals surface area contributed by atoms with Crippen molar-refractivity contribution in [3.05, 3.63) is 107 Å². The van der Waals surface area contributed by atoms with E-state index in [1.807, 2.05) is 24.3 Å². The first-order chi connectivity index (χ1) is 19.0. The van der Waals surface area contributed by atoms with Crippen LogP contribution in [0.5, 0.6) is 0 Å². The van der Waals surface area contributed by atoms with Crippen molar-refractivity contribution in [2.24, 2.45) is 0 Å². The number of rotatable bonds is 14. The van der Waals surface area contributed by atoms with Crippen molar-refractivity contribution in [1.82, 2.24) is 4.90 Å². The Kier molecular flexibility index (Phi) is 14.1. The lowest BCUT2D eigenvalue weighted by Gasteiger charge is -2.23. The molecule has 0 aliphatic heterocycles. The number of esters is 1. The van der Waals surface area contributed by atoms with Crippen LogP contribution < -0.4 is 0 Å². The maximum atomic E-state index is 12.9. The molecule has 0 bridgehead atoms. The molecular weight excluding hydrogens is 486 g/mol. The molecule has 0 unspecified atom stereocenters. The van der Waals surface area contributed by atoms with Crippen LogP contribution in [0.4, 0.5) is 0 Å². The van der Waals surface area contributed by atoms with Crippen molar-refractivity contribution in [3.8, 4) is 24.2 Å². The van der Waals surface area contributed by atoms with Crippen molar-refractivity contribution in [2.45, 2.75) is 45.6 Å². The van der Waals surface area contributed by atoms with Crippen LogP contribution in [0.1, 0.15) is 54.9 Å². The Hall–Kier alpha value is -4.48. The van der Waals surface area contributed by atoms with Gasteiger partial charge in [-0.1, -0.05) is 68.2 Å². The van der Waals surface area contributed by atoms with Crippen molar-refractivity contribution in [1.29, 1.82) is 0 Å². The topological polar surface area (TPSA) is 55.8 Å². The minimum atomic E-state index is -0.466. The summed E-state index contributed by atoms with van der Waals surface area (Å²) >= 11 is 0. The smallest absolute Gasteiger partial charge is 0.343 e. The molecule has 0 saturated heterocycles. The maximum absolute atomic E-state index is 12.9. The molecule has 0 aromatic heterocycles. The number of benzene rings is 2. The molecule has 1 amide bonds. The lowest BCUT2D eigenvalue weighted by Crippen LogP contribution is -2.32. The fraction of sp³-hybridized carbons (Fsp3) is 0.294. The molecule has 0 radical (unpaired) electrons. The summed E-state index contributed by atoms with van der Waals surface area (Å²) in [7, 11) is 1.30. The van der Waals surface area contributed by atoms with Gasteiger partial charge in [0.25, 0.3) is 0 Å². The average Bonchev–Trinajstić information content (AvgIpc) is 2.97. The van der Waals surface area contributed by atoms with E-state index in [0.717, 1.165) is 28.7 Å². The number of amides is 1. The fourth-order valence-corrected chi connectivity index (χ4v) is 3.56. The normalized spacial score (nSPS) is 10.7. The molecule has 0 heterocycles. The fourth-order valence-electron chi connectivity index (χ4n) is 3.56. The van der Waals surface area contributed by atoms with Gasteiger partial charge in [-0.2, -0.15) is 0 Å². The standard InChI is InChI=1S/C34H37NO4/c1-5-8-11-29-14-16-30(17-15-29)18-19-31-20-22-32(23-21-31)26-35(33(36)13-9-6-2)25-28(7-3)12-10-24-39-27-34(37)38-4/h2,7,10,12,14-17,20-24H,3,5,8-9,11,13,25-27H2,1,4H3. The van der Waals surface area contributed by atoms with Crippen molar-refractivity contribution < 1.29 is 19.1 Å². The predicted molar refractivity (Wildman–Crippen MR) is 156 cm³/mol. The van der Waals surface area contributed by atoms with E-state index in [9.17, 15) is 9.59 Å². The van der Waals surface area contributed by atoms with Crippen LogP contribution in [0, 0.1) is 24.2 Å². The predicted octanol–water partition coefficient (Wildman–Crippen LogP) is 5.99. The largest absolute Gasteiger partial charge is 0.490 e. The summed E-state index contributed by atoms with van der Waals surface area (Å²) in [5.74, 6) is 8.46. The van der Waals surface area contributed by atoms with Gasteiger partial charge < -0.3 is 14.4 Å². The molecule has 0 spiro atoms. The monoisotopic (exact) mass is 523 g/mol. The number of carbonyl (C=O) groups excluding carboxylic acids is 2. The molecule has 2 aromatic rings. The summed E-state index contributed by atoms with van der Waals surface area (Å²) in [6.07, 6.45) is 16.0. The molecule has 202 valence electrons. The molecule has 0 fully saturated rings. The second-order valence-electron chi connectivity index (χ2n) is 8.86. The van der Waals surface area contributed by atoms with E-state index in [4.69, 9.17) is 11.2 Å². The van der Waals surface area contributed by atoms with Crippen LogP contribution in [0.3, 0.4) is 0 Å². The third kappa shape index (κ3) is 12.1. The Bertz CT molecular complexity index is 1240. The molecule has 0 N–H and O–H groups in total. The summed E-state index contributed by atoms with van der Waals surface area (Å²) in [6, 6.07) is 16.3. The van der Waals surface area contributed by atoms with Gasteiger partial charge in [0.05, 0.1) is 13.4 Å². The third-order valence-electron chi connectivity index (χ3n) is 5.84. The molecule has 0 saturated carbocycles. The molecular formula is C34H37NO4. The van der Waals surface area contributed by atoms with Gasteiger partial charge in [0.15, 0.2) is 6.61 Å². The highest BCUT2D eigenvalue weighted by Gasteiger charge is 2.14. The van der Waals surface area contributed by atoms with E-state index >= 15 is 0 Å². The number of ether oxygens (including phenoxy) is 2. The number of hydrogen-bond donors (Lipinski definition) is 0. The molecule has 0 aliphatic rings. The van der Waals surface area contributed by atoms with Gasteiger partial charge in [-0.15, -0.1) is 12.3 Å². The van der Waals surface area contributed by atoms with Crippen molar-refractivity contribution in [3.63, 3.8) is 0 Å². The van der Waals surface area contributed by atoms with Crippen LogP contribution in [0.25, 0.3) is 0 Å². The Labute approximate surface area is 233 Å². The molecule has 5 heteroatoms. The molecule has 5 nitrogen and oxygen atoms in total. The molecule has 0 atom stereocenters. The van der Waals surface area contributed by atoms with Crippen molar-refractivity contribution in [2.75, 3.05) is 20.3 Å². The van der Waals surface area contributed by atoms with Crippen LogP contribution in [-0.2, 0) is 32.0 Å². The van der Waals surface area contributed by atoms with E-state index in [-0.39, 0.29) is 18.9 Å². The highest BCUT2D eigenvalue weighted by molar-refractivity contribution is 5.77. The number of aryl methyl sites for hydroxylation is 1. The van der Waals surface area contributed by atoms with Gasteiger partial charge in [-0.05, 0) is 59.9 Å². The number of methoxy groups -OCH3 is 1. The van der Waals surface area contributed by atoms with Crippen molar-refractivity contribution >= 4 is 11.9 Å². The van der Waals surface area contributed by atoms with E-state index < -0.39 is 5.97 Å². The zero-order valence-corrected chi connectivity index (χ0v) is 22.9.